The van der Waals surface area contributed by atoms with Gasteiger partial charge in [0.1, 0.15) is 0 Å². The summed E-state index contributed by atoms with van der Waals surface area (Å²) in [6.07, 6.45) is 0. The van der Waals surface area contributed by atoms with Gasteiger partial charge in [0.25, 0.3) is 0 Å². The van der Waals surface area contributed by atoms with Gasteiger partial charge < -0.3 is 4.52 Å². The Hall–Kier alpha value is -0.850. The average Bonchev–Trinajstić information content (AvgIpc) is 2.48. The second-order valence-corrected chi connectivity index (χ2v) is 4.25. The molecule has 0 atom stereocenters. The summed E-state index contributed by atoms with van der Waals surface area (Å²) in [5, 5.41) is 4.37. The molecule has 1 N–H and O–H groups in total. The molecule has 7 heteroatoms. The summed E-state index contributed by atoms with van der Waals surface area (Å²) in [6.45, 7) is 3.14. The Kier molecular flexibility index (Phi) is 3.07. The largest absolute Gasteiger partial charge is 0.358 e. The maximum atomic E-state index is 10.9. The standard InChI is InChI=1S/C6H7ClN2O3S/c1-2-13(10,11)8-4-5-3-6(7)9-12-5/h2-3,8H,1,4H2. The number of aromatic nitrogens is 1. The Morgan fingerprint density at radius 1 is 1.77 bits per heavy atom. The lowest BCUT2D eigenvalue weighted by Gasteiger charge is -1.96. The zero-order valence-corrected chi connectivity index (χ0v) is 8.10. The van der Waals surface area contributed by atoms with E-state index >= 15 is 0 Å². The summed E-state index contributed by atoms with van der Waals surface area (Å²) in [5.74, 6) is 0.343. The van der Waals surface area contributed by atoms with E-state index in [0.29, 0.717) is 5.76 Å². The second kappa shape index (κ2) is 3.91. The zero-order chi connectivity index (χ0) is 9.90. The molecule has 0 unspecified atom stereocenters. The minimum atomic E-state index is -3.43. The van der Waals surface area contributed by atoms with Gasteiger partial charge in [-0.2, -0.15) is 0 Å². The van der Waals surface area contributed by atoms with Gasteiger partial charge in [0.2, 0.25) is 10.0 Å². The normalized spacial score (nSPS) is 11.5. The summed E-state index contributed by atoms with van der Waals surface area (Å²) in [4.78, 5) is 0. The molecule has 0 saturated heterocycles. The van der Waals surface area contributed by atoms with Gasteiger partial charge in [-0.05, 0) is 0 Å². The highest BCUT2D eigenvalue weighted by atomic mass is 35.5. The van der Waals surface area contributed by atoms with Gasteiger partial charge in [-0.15, -0.1) is 0 Å². The van der Waals surface area contributed by atoms with Gasteiger partial charge in [0, 0.05) is 11.5 Å². The Bertz CT molecular complexity index is 398. The van der Waals surface area contributed by atoms with Crippen LogP contribution < -0.4 is 4.72 Å². The van der Waals surface area contributed by atoms with E-state index in [4.69, 9.17) is 11.6 Å². The van der Waals surface area contributed by atoms with Crippen LogP contribution in [0.4, 0.5) is 0 Å². The third-order valence-corrected chi connectivity index (χ3v) is 2.36. The van der Waals surface area contributed by atoms with E-state index in [1.807, 2.05) is 0 Å². The van der Waals surface area contributed by atoms with E-state index in [1.54, 1.807) is 0 Å². The topological polar surface area (TPSA) is 72.2 Å². The first kappa shape index (κ1) is 10.2. The molecule has 1 aromatic heterocycles. The predicted octanol–water partition coefficient (Wildman–Crippen LogP) is 0.891. The van der Waals surface area contributed by atoms with Crippen LogP contribution in [0.25, 0.3) is 0 Å². The van der Waals surface area contributed by atoms with E-state index in [0.717, 1.165) is 5.41 Å². The van der Waals surface area contributed by atoms with Crippen LogP contribution in [0, 0.1) is 0 Å². The fraction of sp³-hybridized carbons (Fsp3) is 0.167. The highest BCUT2D eigenvalue weighted by Gasteiger charge is 2.06. The molecule has 0 aliphatic heterocycles. The van der Waals surface area contributed by atoms with Crippen LogP contribution in [-0.2, 0) is 16.6 Å². The summed E-state index contributed by atoms with van der Waals surface area (Å²) in [7, 11) is -3.43. The minimum absolute atomic E-state index is 0.00801. The van der Waals surface area contributed by atoms with Crippen molar-refractivity contribution in [1.82, 2.24) is 9.88 Å². The molecule has 0 bridgehead atoms. The lowest BCUT2D eigenvalue weighted by molar-refractivity contribution is 0.381. The van der Waals surface area contributed by atoms with Crippen molar-refractivity contribution in [2.45, 2.75) is 6.54 Å². The molecule has 0 spiro atoms. The van der Waals surface area contributed by atoms with Crippen LogP contribution in [0.3, 0.4) is 0 Å². The molecule has 5 nitrogen and oxygen atoms in total. The van der Waals surface area contributed by atoms with E-state index in [1.165, 1.54) is 6.07 Å². The summed E-state index contributed by atoms with van der Waals surface area (Å²) in [5.41, 5.74) is 0. The molecule has 0 fully saturated rings. The van der Waals surface area contributed by atoms with Gasteiger partial charge in [-0.25, -0.2) is 13.1 Å². The van der Waals surface area contributed by atoms with E-state index in [2.05, 4.69) is 21.0 Å². The number of hydrogen-bond acceptors (Lipinski definition) is 4. The van der Waals surface area contributed by atoms with Crippen LogP contribution in [0.1, 0.15) is 5.76 Å². The number of nitrogens with zero attached hydrogens (tertiary/aromatic N) is 1. The minimum Gasteiger partial charge on any atom is -0.358 e. The van der Waals surface area contributed by atoms with Crippen LogP contribution in [0.15, 0.2) is 22.6 Å². The van der Waals surface area contributed by atoms with Crippen molar-refractivity contribution >= 4 is 21.6 Å². The van der Waals surface area contributed by atoms with E-state index in [9.17, 15) is 8.42 Å². The maximum absolute atomic E-state index is 10.9. The van der Waals surface area contributed by atoms with Crippen molar-refractivity contribution in [3.63, 3.8) is 0 Å². The molecule has 0 aromatic carbocycles. The molecule has 0 saturated carbocycles. The van der Waals surface area contributed by atoms with Crippen LogP contribution in [-0.4, -0.2) is 13.6 Å². The Morgan fingerprint density at radius 2 is 2.46 bits per heavy atom. The summed E-state index contributed by atoms with van der Waals surface area (Å²) < 4.78 is 28.6. The predicted molar refractivity (Wildman–Crippen MR) is 47.5 cm³/mol. The van der Waals surface area contributed by atoms with Crippen molar-refractivity contribution in [3.8, 4) is 0 Å². The molecule has 1 heterocycles. The number of halogens is 1. The van der Waals surface area contributed by atoms with Gasteiger partial charge in [-0.1, -0.05) is 23.3 Å². The number of hydrogen-bond donors (Lipinski definition) is 1. The molecule has 0 aliphatic carbocycles. The molecular weight excluding hydrogens is 216 g/mol. The van der Waals surface area contributed by atoms with E-state index in [-0.39, 0.29) is 11.7 Å². The van der Waals surface area contributed by atoms with Crippen molar-refractivity contribution in [2.24, 2.45) is 0 Å². The quantitative estimate of drug-likeness (QED) is 0.821. The molecule has 13 heavy (non-hydrogen) atoms. The third-order valence-electron chi connectivity index (χ3n) is 1.20. The van der Waals surface area contributed by atoms with Crippen molar-refractivity contribution in [2.75, 3.05) is 0 Å². The average molecular weight is 223 g/mol. The molecule has 72 valence electrons. The van der Waals surface area contributed by atoms with Gasteiger partial charge in [0.05, 0.1) is 6.54 Å². The highest BCUT2D eigenvalue weighted by Crippen LogP contribution is 2.08. The van der Waals surface area contributed by atoms with E-state index < -0.39 is 10.0 Å². The molecule has 0 amide bonds. The number of nitrogens with one attached hydrogen (secondary N) is 1. The summed E-state index contributed by atoms with van der Waals surface area (Å²) in [6, 6.07) is 1.42. The second-order valence-electron chi connectivity index (χ2n) is 2.15. The molecular formula is C6H7ClN2O3S. The molecule has 1 aromatic rings. The highest BCUT2D eigenvalue weighted by molar-refractivity contribution is 7.92. The van der Waals surface area contributed by atoms with Gasteiger partial charge in [0.15, 0.2) is 10.9 Å². The molecule has 0 aliphatic rings. The van der Waals surface area contributed by atoms with Crippen molar-refractivity contribution < 1.29 is 12.9 Å². The Morgan fingerprint density at radius 3 is 2.92 bits per heavy atom. The smallest absolute Gasteiger partial charge is 0.233 e. The molecule has 1 rings (SSSR count). The lowest BCUT2D eigenvalue weighted by Crippen LogP contribution is -2.19. The first-order chi connectivity index (χ1) is 6.03. The van der Waals surface area contributed by atoms with Crippen LogP contribution >= 0.6 is 11.6 Å². The first-order valence-electron chi connectivity index (χ1n) is 3.27. The summed E-state index contributed by atoms with van der Waals surface area (Å²) >= 11 is 5.44. The number of sulfonamides is 1. The third kappa shape index (κ3) is 3.17. The van der Waals surface area contributed by atoms with Crippen LogP contribution in [0.5, 0.6) is 0 Å². The van der Waals surface area contributed by atoms with Crippen molar-refractivity contribution in [3.05, 3.63) is 29.0 Å². The molecule has 0 radical (unpaired) electrons. The van der Waals surface area contributed by atoms with Gasteiger partial charge in [-0.3, -0.25) is 0 Å². The number of rotatable bonds is 4. The monoisotopic (exact) mass is 222 g/mol. The van der Waals surface area contributed by atoms with Gasteiger partial charge >= 0.3 is 0 Å². The Labute approximate surface area is 80.4 Å². The maximum Gasteiger partial charge on any atom is 0.233 e. The first-order valence-corrected chi connectivity index (χ1v) is 5.19. The Balaban J connectivity index is 2.58. The fourth-order valence-corrected chi connectivity index (χ4v) is 1.22. The SMILES string of the molecule is C=CS(=O)(=O)NCc1cc(Cl)no1. The lowest BCUT2D eigenvalue weighted by atomic mass is 10.5. The van der Waals surface area contributed by atoms with Crippen molar-refractivity contribution in [1.29, 1.82) is 0 Å². The fourth-order valence-electron chi connectivity index (χ4n) is 0.602. The zero-order valence-electron chi connectivity index (χ0n) is 6.53. The van der Waals surface area contributed by atoms with Crippen LogP contribution in [0.2, 0.25) is 5.15 Å².